The van der Waals surface area contributed by atoms with Crippen molar-refractivity contribution in [1.82, 2.24) is 0 Å². The van der Waals surface area contributed by atoms with E-state index in [-0.39, 0.29) is 24.7 Å². The van der Waals surface area contributed by atoms with Crippen molar-refractivity contribution in [2.45, 2.75) is 12.8 Å². The fourth-order valence-corrected chi connectivity index (χ4v) is 3.20. The topological polar surface area (TPSA) is 76.7 Å². The molecule has 0 aliphatic heterocycles. The number of para-hydroxylation sites is 6. The SMILES string of the molecule is O=C(CCC(=O)Nc1ccccc1Oc1ccccc1)Nc1ccccc1Oc1ccccc1. The number of benzene rings is 4. The van der Waals surface area contributed by atoms with Gasteiger partial charge in [0.2, 0.25) is 11.8 Å². The smallest absolute Gasteiger partial charge is 0.224 e. The van der Waals surface area contributed by atoms with Gasteiger partial charge in [0.05, 0.1) is 11.4 Å². The molecule has 0 aromatic heterocycles. The van der Waals surface area contributed by atoms with Gasteiger partial charge >= 0.3 is 0 Å². The molecule has 0 saturated carbocycles. The van der Waals surface area contributed by atoms with E-state index in [1.165, 1.54) is 0 Å². The largest absolute Gasteiger partial charge is 0.455 e. The van der Waals surface area contributed by atoms with Crippen LogP contribution in [0.4, 0.5) is 11.4 Å². The highest BCUT2D eigenvalue weighted by molar-refractivity contribution is 5.98. The number of hydrogen-bond acceptors (Lipinski definition) is 4. The maximum Gasteiger partial charge on any atom is 0.224 e. The summed E-state index contributed by atoms with van der Waals surface area (Å²) >= 11 is 0. The molecule has 0 aliphatic rings. The molecule has 6 nitrogen and oxygen atoms in total. The second-order valence-corrected chi connectivity index (χ2v) is 7.42. The number of hydrogen-bond donors (Lipinski definition) is 2. The summed E-state index contributed by atoms with van der Waals surface area (Å²) in [6.45, 7) is 0. The predicted molar refractivity (Wildman–Crippen MR) is 132 cm³/mol. The van der Waals surface area contributed by atoms with Gasteiger partial charge in [-0.2, -0.15) is 0 Å². The molecule has 0 heterocycles. The molecule has 4 rings (SSSR count). The molecule has 0 unspecified atom stereocenters. The third-order valence-corrected chi connectivity index (χ3v) is 4.84. The van der Waals surface area contributed by atoms with Crippen molar-refractivity contribution >= 4 is 23.2 Å². The zero-order chi connectivity index (χ0) is 23.6. The standard InChI is InChI=1S/C28H24N2O4/c31-27(29-23-15-7-9-17-25(23)33-21-11-3-1-4-12-21)19-20-28(32)30-24-16-8-10-18-26(24)34-22-13-5-2-6-14-22/h1-18H,19-20H2,(H,29,31)(H,30,32). The summed E-state index contributed by atoms with van der Waals surface area (Å²) in [7, 11) is 0. The first-order valence-corrected chi connectivity index (χ1v) is 10.9. The second kappa shape index (κ2) is 11.3. The van der Waals surface area contributed by atoms with E-state index in [0.29, 0.717) is 34.4 Å². The third-order valence-electron chi connectivity index (χ3n) is 4.84. The summed E-state index contributed by atoms with van der Waals surface area (Å²) in [6, 6.07) is 33.0. The maximum atomic E-state index is 12.5. The van der Waals surface area contributed by atoms with E-state index in [2.05, 4.69) is 10.6 Å². The Morgan fingerprint density at radius 1 is 0.500 bits per heavy atom. The molecule has 0 aliphatic carbocycles. The van der Waals surface area contributed by atoms with Crippen LogP contribution >= 0.6 is 0 Å². The predicted octanol–water partition coefficient (Wildman–Crippen LogP) is 6.63. The molecule has 0 spiro atoms. The lowest BCUT2D eigenvalue weighted by atomic mass is 10.2. The number of amides is 2. The molecule has 2 amide bonds. The van der Waals surface area contributed by atoms with E-state index < -0.39 is 0 Å². The zero-order valence-corrected chi connectivity index (χ0v) is 18.4. The molecule has 4 aromatic carbocycles. The average Bonchev–Trinajstić information content (AvgIpc) is 2.86. The zero-order valence-electron chi connectivity index (χ0n) is 18.4. The molecule has 2 N–H and O–H groups in total. The Balaban J connectivity index is 1.32. The van der Waals surface area contributed by atoms with Gasteiger partial charge in [-0.15, -0.1) is 0 Å². The first kappa shape index (κ1) is 22.6. The van der Waals surface area contributed by atoms with Gasteiger partial charge in [-0.1, -0.05) is 60.7 Å². The number of carbonyl (C=O) groups excluding carboxylic acids is 2. The van der Waals surface area contributed by atoms with Gasteiger partial charge in [-0.25, -0.2) is 0 Å². The second-order valence-electron chi connectivity index (χ2n) is 7.42. The number of rotatable bonds is 9. The number of ether oxygens (including phenoxy) is 2. The summed E-state index contributed by atoms with van der Waals surface area (Å²) < 4.78 is 11.7. The van der Waals surface area contributed by atoms with Crippen LogP contribution in [0, 0.1) is 0 Å². The van der Waals surface area contributed by atoms with Crippen LogP contribution in [0.3, 0.4) is 0 Å². The highest BCUT2D eigenvalue weighted by Gasteiger charge is 2.13. The van der Waals surface area contributed by atoms with Crippen molar-refractivity contribution in [3.63, 3.8) is 0 Å². The lowest BCUT2D eigenvalue weighted by Gasteiger charge is -2.13. The summed E-state index contributed by atoms with van der Waals surface area (Å²) in [4.78, 5) is 25.0. The summed E-state index contributed by atoms with van der Waals surface area (Å²) in [5, 5.41) is 5.65. The Kier molecular flexibility index (Phi) is 7.54. The third kappa shape index (κ3) is 6.46. The van der Waals surface area contributed by atoms with Crippen LogP contribution in [0.2, 0.25) is 0 Å². The quantitative estimate of drug-likeness (QED) is 0.299. The van der Waals surface area contributed by atoms with Gasteiger partial charge in [0, 0.05) is 12.8 Å². The van der Waals surface area contributed by atoms with E-state index in [0.717, 1.165) is 0 Å². The van der Waals surface area contributed by atoms with Gasteiger partial charge < -0.3 is 20.1 Å². The van der Waals surface area contributed by atoms with Gasteiger partial charge in [-0.05, 0) is 48.5 Å². The van der Waals surface area contributed by atoms with E-state index in [1.54, 1.807) is 24.3 Å². The molecule has 4 aromatic rings. The molecule has 0 atom stereocenters. The normalized spacial score (nSPS) is 10.2. The lowest BCUT2D eigenvalue weighted by Crippen LogP contribution is -2.17. The van der Waals surface area contributed by atoms with Gasteiger partial charge in [0.15, 0.2) is 11.5 Å². The maximum absolute atomic E-state index is 12.5. The molecule has 0 fully saturated rings. The number of nitrogens with one attached hydrogen (secondary N) is 2. The Hall–Kier alpha value is -4.58. The monoisotopic (exact) mass is 452 g/mol. The van der Waals surface area contributed by atoms with Crippen LogP contribution in [0.25, 0.3) is 0 Å². The van der Waals surface area contributed by atoms with Crippen molar-refractivity contribution in [1.29, 1.82) is 0 Å². The van der Waals surface area contributed by atoms with Gasteiger partial charge in [-0.3, -0.25) is 9.59 Å². The average molecular weight is 453 g/mol. The molecule has 0 saturated heterocycles. The van der Waals surface area contributed by atoms with E-state index >= 15 is 0 Å². The van der Waals surface area contributed by atoms with E-state index in [1.807, 2.05) is 84.9 Å². The summed E-state index contributed by atoms with van der Waals surface area (Å²) in [6.07, 6.45) is 0.0421. The summed E-state index contributed by atoms with van der Waals surface area (Å²) in [5.74, 6) is 1.82. The van der Waals surface area contributed by atoms with Crippen LogP contribution in [-0.2, 0) is 9.59 Å². The number of carbonyl (C=O) groups is 2. The Morgan fingerprint density at radius 3 is 1.26 bits per heavy atom. The molecule has 170 valence electrons. The molecule has 0 bridgehead atoms. The van der Waals surface area contributed by atoms with Crippen LogP contribution in [0.5, 0.6) is 23.0 Å². The molecule has 6 heteroatoms. The minimum Gasteiger partial charge on any atom is -0.455 e. The van der Waals surface area contributed by atoms with Crippen molar-refractivity contribution in [3.8, 4) is 23.0 Å². The van der Waals surface area contributed by atoms with Crippen LogP contribution in [0.1, 0.15) is 12.8 Å². The van der Waals surface area contributed by atoms with Crippen LogP contribution < -0.4 is 20.1 Å². The van der Waals surface area contributed by atoms with Gasteiger partial charge in [0.25, 0.3) is 0 Å². The van der Waals surface area contributed by atoms with Gasteiger partial charge in [0.1, 0.15) is 11.5 Å². The van der Waals surface area contributed by atoms with Crippen LogP contribution in [-0.4, -0.2) is 11.8 Å². The molecule has 34 heavy (non-hydrogen) atoms. The first-order chi connectivity index (χ1) is 16.7. The minimum atomic E-state index is -0.284. The molecular weight excluding hydrogens is 428 g/mol. The first-order valence-electron chi connectivity index (χ1n) is 10.9. The Bertz CT molecular complexity index is 1140. The Labute approximate surface area is 198 Å². The van der Waals surface area contributed by atoms with Crippen LogP contribution in [0.15, 0.2) is 109 Å². The van der Waals surface area contributed by atoms with E-state index in [4.69, 9.17) is 9.47 Å². The molecule has 0 radical (unpaired) electrons. The van der Waals surface area contributed by atoms with E-state index in [9.17, 15) is 9.59 Å². The highest BCUT2D eigenvalue weighted by Crippen LogP contribution is 2.30. The molecular formula is C28H24N2O4. The van der Waals surface area contributed by atoms with Crippen molar-refractivity contribution in [2.24, 2.45) is 0 Å². The number of anilines is 2. The van der Waals surface area contributed by atoms with Crippen molar-refractivity contribution in [3.05, 3.63) is 109 Å². The Morgan fingerprint density at radius 2 is 0.853 bits per heavy atom. The van der Waals surface area contributed by atoms with Crippen molar-refractivity contribution < 1.29 is 19.1 Å². The fourth-order valence-electron chi connectivity index (χ4n) is 3.20. The lowest BCUT2D eigenvalue weighted by molar-refractivity contribution is -0.121. The highest BCUT2D eigenvalue weighted by atomic mass is 16.5. The summed E-state index contributed by atoms with van der Waals surface area (Å²) in [5.41, 5.74) is 1.08. The van der Waals surface area contributed by atoms with Crippen molar-refractivity contribution in [2.75, 3.05) is 10.6 Å². The fraction of sp³-hybridized carbons (Fsp3) is 0.0714. The minimum absolute atomic E-state index is 0.0210.